The van der Waals surface area contributed by atoms with Gasteiger partial charge in [0.15, 0.2) is 0 Å². The molecule has 0 heterocycles. The van der Waals surface area contributed by atoms with E-state index in [0.29, 0.717) is 12.0 Å². The van der Waals surface area contributed by atoms with E-state index in [2.05, 4.69) is 0 Å². The molecule has 2 nitrogen and oxygen atoms in total. The van der Waals surface area contributed by atoms with E-state index in [0.717, 1.165) is 38.4 Å². The van der Waals surface area contributed by atoms with Crippen molar-refractivity contribution in [2.45, 2.75) is 38.1 Å². The Kier molecular flexibility index (Phi) is 2.87. The van der Waals surface area contributed by atoms with Gasteiger partial charge in [0.1, 0.15) is 6.29 Å². The zero-order valence-corrected chi connectivity index (χ0v) is 6.25. The quantitative estimate of drug-likeness (QED) is 0.585. The van der Waals surface area contributed by atoms with Crippen molar-refractivity contribution in [2.75, 3.05) is 0 Å². The van der Waals surface area contributed by atoms with Crippen LogP contribution in [0.3, 0.4) is 0 Å². The molecular formula is C8H15NO. The van der Waals surface area contributed by atoms with Crippen LogP contribution in [0.15, 0.2) is 0 Å². The van der Waals surface area contributed by atoms with Crippen LogP contribution in [0.25, 0.3) is 0 Å². The molecule has 0 atom stereocenters. The SMILES string of the molecule is NC1CCC(CC=O)CC1. The molecule has 0 amide bonds. The number of hydrogen-bond acceptors (Lipinski definition) is 2. The summed E-state index contributed by atoms with van der Waals surface area (Å²) in [5, 5.41) is 0. The molecule has 0 aliphatic heterocycles. The van der Waals surface area contributed by atoms with E-state index in [9.17, 15) is 4.79 Å². The number of carbonyl (C=O) groups excluding carboxylic acids is 1. The average Bonchev–Trinajstić information content (AvgIpc) is 1.95. The second-order valence-electron chi connectivity index (χ2n) is 3.18. The lowest BCUT2D eigenvalue weighted by Crippen LogP contribution is -2.26. The summed E-state index contributed by atoms with van der Waals surface area (Å²) < 4.78 is 0. The van der Waals surface area contributed by atoms with Gasteiger partial charge in [-0.1, -0.05) is 0 Å². The second kappa shape index (κ2) is 3.71. The van der Waals surface area contributed by atoms with E-state index in [1.54, 1.807) is 0 Å². The molecule has 0 saturated heterocycles. The number of nitrogens with two attached hydrogens (primary N) is 1. The first-order chi connectivity index (χ1) is 4.83. The third-order valence-electron chi connectivity index (χ3n) is 2.32. The van der Waals surface area contributed by atoms with Gasteiger partial charge in [-0.25, -0.2) is 0 Å². The molecule has 0 unspecified atom stereocenters. The number of carbonyl (C=O) groups is 1. The van der Waals surface area contributed by atoms with Gasteiger partial charge in [-0.05, 0) is 31.6 Å². The lowest BCUT2D eigenvalue weighted by molar-refractivity contribution is -0.108. The Morgan fingerprint density at radius 1 is 1.30 bits per heavy atom. The van der Waals surface area contributed by atoms with Gasteiger partial charge in [-0.3, -0.25) is 0 Å². The molecule has 0 spiro atoms. The van der Waals surface area contributed by atoms with Crippen molar-refractivity contribution >= 4 is 6.29 Å². The van der Waals surface area contributed by atoms with Crippen LogP contribution in [0.2, 0.25) is 0 Å². The number of aldehydes is 1. The average molecular weight is 141 g/mol. The Balaban J connectivity index is 2.19. The van der Waals surface area contributed by atoms with Crippen molar-refractivity contribution in [3.63, 3.8) is 0 Å². The highest BCUT2D eigenvalue weighted by atomic mass is 16.1. The number of hydrogen-bond donors (Lipinski definition) is 1. The Morgan fingerprint density at radius 3 is 2.40 bits per heavy atom. The molecule has 1 aliphatic rings. The van der Waals surface area contributed by atoms with Crippen molar-refractivity contribution in [3.05, 3.63) is 0 Å². The maximum atomic E-state index is 10.1. The molecule has 2 N–H and O–H groups in total. The van der Waals surface area contributed by atoms with Crippen molar-refractivity contribution in [3.8, 4) is 0 Å². The van der Waals surface area contributed by atoms with E-state index in [1.165, 1.54) is 0 Å². The predicted molar refractivity (Wildman–Crippen MR) is 40.6 cm³/mol. The Hall–Kier alpha value is -0.370. The van der Waals surface area contributed by atoms with Gasteiger partial charge in [-0.2, -0.15) is 0 Å². The fourth-order valence-electron chi connectivity index (χ4n) is 1.56. The highest BCUT2D eigenvalue weighted by molar-refractivity contribution is 5.49. The van der Waals surface area contributed by atoms with Crippen LogP contribution in [0.5, 0.6) is 0 Å². The third-order valence-corrected chi connectivity index (χ3v) is 2.32. The van der Waals surface area contributed by atoms with Gasteiger partial charge >= 0.3 is 0 Å². The smallest absolute Gasteiger partial charge is 0.120 e. The van der Waals surface area contributed by atoms with Crippen molar-refractivity contribution in [1.29, 1.82) is 0 Å². The van der Waals surface area contributed by atoms with Gasteiger partial charge in [-0.15, -0.1) is 0 Å². The Bertz CT molecular complexity index is 106. The summed E-state index contributed by atoms with van der Waals surface area (Å²) in [7, 11) is 0. The minimum atomic E-state index is 0.405. The zero-order chi connectivity index (χ0) is 7.40. The maximum Gasteiger partial charge on any atom is 0.120 e. The summed E-state index contributed by atoms with van der Waals surface area (Å²) in [5.74, 6) is 0.636. The summed E-state index contributed by atoms with van der Waals surface area (Å²) in [4.78, 5) is 10.1. The molecule has 0 aromatic carbocycles. The molecule has 1 saturated carbocycles. The minimum absolute atomic E-state index is 0.405. The van der Waals surface area contributed by atoms with Gasteiger partial charge in [0, 0.05) is 12.5 Å². The minimum Gasteiger partial charge on any atom is -0.328 e. The molecule has 0 radical (unpaired) electrons. The molecule has 1 fully saturated rings. The van der Waals surface area contributed by atoms with Gasteiger partial charge in [0.25, 0.3) is 0 Å². The standard InChI is InChI=1S/C8H15NO/c9-8-3-1-7(2-4-8)5-6-10/h6-8H,1-5,9H2. The van der Waals surface area contributed by atoms with Crippen molar-refractivity contribution in [1.82, 2.24) is 0 Å². The molecule has 0 bridgehead atoms. The lowest BCUT2D eigenvalue weighted by Gasteiger charge is -2.24. The molecule has 2 heteroatoms. The Labute approximate surface area is 61.8 Å². The van der Waals surface area contributed by atoms with E-state index in [1.807, 2.05) is 0 Å². The summed E-state index contributed by atoms with van der Waals surface area (Å²) in [6.45, 7) is 0. The van der Waals surface area contributed by atoms with E-state index >= 15 is 0 Å². The predicted octanol–water partition coefficient (Wildman–Crippen LogP) is 1.09. The van der Waals surface area contributed by atoms with Crippen LogP contribution in [-0.2, 0) is 4.79 Å². The zero-order valence-electron chi connectivity index (χ0n) is 6.25. The van der Waals surface area contributed by atoms with E-state index in [4.69, 9.17) is 5.73 Å². The van der Waals surface area contributed by atoms with Crippen LogP contribution < -0.4 is 5.73 Å². The normalized spacial score (nSPS) is 33.7. The monoisotopic (exact) mass is 141 g/mol. The van der Waals surface area contributed by atoms with Crippen LogP contribution in [-0.4, -0.2) is 12.3 Å². The second-order valence-corrected chi connectivity index (χ2v) is 3.18. The maximum absolute atomic E-state index is 10.1. The van der Waals surface area contributed by atoms with Crippen molar-refractivity contribution in [2.24, 2.45) is 11.7 Å². The topological polar surface area (TPSA) is 43.1 Å². The molecular weight excluding hydrogens is 126 g/mol. The van der Waals surface area contributed by atoms with Crippen LogP contribution in [0.1, 0.15) is 32.1 Å². The van der Waals surface area contributed by atoms with Gasteiger partial charge in [0.05, 0.1) is 0 Å². The fraction of sp³-hybridized carbons (Fsp3) is 0.875. The third kappa shape index (κ3) is 2.10. The summed E-state index contributed by atoms with van der Waals surface area (Å²) in [5.41, 5.74) is 5.70. The molecule has 10 heavy (non-hydrogen) atoms. The van der Waals surface area contributed by atoms with Gasteiger partial charge < -0.3 is 10.5 Å². The van der Waals surface area contributed by atoms with E-state index in [-0.39, 0.29) is 0 Å². The summed E-state index contributed by atoms with van der Waals surface area (Å²) in [6.07, 6.45) is 6.30. The molecule has 1 rings (SSSR count). The van der Waals surface area contributed by atoms with Crippen LogP contribution in [0, 0.1) is 5.92 Å². The first-order valence-electron chi connectivity index (χ1n) is 4.02. The molecule has 0 aromatic heterocycles. The van der Waals surface area contributed by atoms with Crippen LogP contribution >= 0.6 is 0 Å². The molecule has 58 valence electrons. The number of rotatable bonds is 2. The van der Waals surface area contributed by atoms with Crippen LogP contribution in [0.4, 0.5) is 0 Å². The van der Waals surface area contributed by atoms with E-state index < -0.39 is 0 Å². The molecule has 0 aromatic rings. The summed E-state index contributed by atoms with van der Waals surface area (Å²) in [6, 6.07) is 0.405. The first-order valence-corrected chi connectivity index (χ1v) is 4.02. The lowest BCUT2D eigenvalue weighted by atomic mass is 9.85. The fourth-order valence-corrected chi connectivity index (χ4v) is 1.56. The van der Waals surface area contributed by atoms with Crippen molar-refractivity contribution < 1.29 is 4.79 Å². The molecule has 1 aliphatic carbocycles. The first kappa shape index (κ1) is 7.73. The van der Waals surface area contributed by atoms with Gasteiger partial charge in [0.2, 0.25) is 0 Å². The highest BCUT2D eigenvalue weighted by Crippen LogP contribution is 2.24. The summed E-state index contributed by atoms with van der Waals surface area (Å²) >= 11 is 0. The Morgan fingerprint density at radius 2 is 1.90 bits per heavy atom. The highest BCUT2D eigenvalue weighted by Gasteiger charge is 2.17. The largest absolute Gasteiger partial charge is 0.328 e.